The van der Waals surface area contributed by atoms with Gasteiger partial charge >= 0.3 is 0 Å². The standard InChI is InChI=1S/C52H35NO/c1-51(2)39-20-8-6-17-36(39)48-34(19-14-24-43(48)51)32-27-30-45-38(31-32)35-28-29-44-49(50(35)53(45)33-15-4-3-5-16-33)37-18-7-9-21-40(37)52(44)41-22-10-12-25-46(41)54-47-26-13-11-23-42(47)52/h3-31H,1-2H3. The third-order valence-corrected chi connectivity index (χ3v) is 12.7. The molecule has 3 aliphatic rings. The lowest BCUT2D eigenvalue weighted by atomic mass is 9.66. The molecule has 0 unspecified atom stereocenters. The van der Waals surface area contributed by atoms with Gasteiger partial charge in [0, 0.05) is 38.6 Å². The number of hydrogen-bond acceptors (Lipinski definition) is 1. The molecule has 0 atom stereocenters. The molecule has 0 radical (unpaired) electrons. The van der Waals surface area contributed by atoms with Crippen molar-refractivity contribution in [1.82, 2.24) is 4.57 Å². The summed E-state index contributed by atoms with van der Waals surface area (Å²) < 4.78 is 9.15. The summed E-state index contributed by atoms with van der Waals surface area (Å²) in [6.07, 6.45) is 0. The van der Waals surface area contributed by atoms with Crippen molar-refractivity contribution in [3.8, 4) is 50.6 Å². The minimum absolute atomic E-state index is 0.0549. The molecule has 2 heteroatoms. The molecule has 9 aromatic rings. The lowest BCUT2D eigenvalue weighted by molar-refractivity contribution is 0.436. The molecule has 0 bridgehead atoms. The summed E-state index contributed by atoms with van der Waals surface area (Å²) in [5, 5.41) is 2.51. The summed E-state index contributed by atoms with van der Waals surface area (Å²) in [5.41, 5.74) is 18.5. The lowest BCUT2D eigenvalue weighted by Gasteiger charge is -2.39. The molecule has 2 aliphatic carbocycles. The highest BCUT2D eigenvalue weighted by molar-refractivity contribution is 6.17. The number of fused-ring (bicyclic) bond motifs is 16. The van der Waals surface area contributed by atoms with Crippen LogP contribution in [0.2, 0.25) is 0 Å². The van der Waals surface area contributed by atoms with Gasteiger partial charge in [-0.3, -0.25) is 0 Å². The number of benzene rings is 8. The molecule has 0 amide bonds. The normalized spacial score (nSPS) is 14.9. The van der Waals surface area contributed by atoms with Gasteiger partial charge in [0.15, 0.2) is 0 Å². The summed E-state index contributed by atoms with van der Waals surface area (Å²) in [4.78, 5) is 0. The Labute approximate surface area is 314 Å². The highest BCUT2D eigenvalue weighted by atomic mass is 16.5. The van der Waals surface area contributed by atoms with Gasteiger partial charge < -0.3 is 9.30 Å². The van der Waals surface area contributed by atoms with Crippen LogP contribution in [0.3, 0.4) is 0 Å². The van der Waals surface area contributed by atoms with Crippen LogP contribution in [-0.4, -0.2) is 4.57 Å². The molecule has 0 saturated heterocycles. The summed E-state index contributed by atoms with van der Waals surface area (Å²) >= 11 is 0. The van der Waals surface area contributed by atoms with Crippen LogP contribution in [0.15, 0.2) is 176 Å². The van der Waals surface area contributed by atoms with Gasteiger partial charge in [0.1, 0.15) is 11.5 Å². The number of hydrogen-bond donors (Lipinski definition) is 0. The fraction of sp³-hybridized carbons (Fsp3) is 0.0769. The van der Waals surface area contributed by atoms with E-state index in [1.54, 1.807) is 0 Å². The zero-order valence-electron chi connectivity index (χ0n) is 30.1. The zero-order chi connectivity index (χ0) is 35.8. The fourth-order valence-corrected chi connectivity index (χ4v) is 10.4. The van der Waals surface area contributed by atoms with Crippen molar-refractivity contribution >= 4 is 21.8 Å². The van der Waals surface area contributed by atoms with Gasteiger partial charge in [0.05, 0.1) is 16.4 Å². The van der Waals surface area contributed by atoms with Crippen LogP contribution in [0.25, 0.3) is 60.9 Å². The summed E-state index contributed by atoms with van der Waals surface area (Å²) in [5.74, 6) is 1.82. The zero-order valence-corrected chi connectivity index (χ0v) is 30.1. The second-order valence-corrected chi connectivity index (χ2v) is 15.6. The molecular formula is C52H35NO. The molecule has 0 saturated carbocycles. The molecule has 2 heterocycles. The molecular weight excluding hydrogens is 655 g/mol. The highest BCUT2D eigenvalue weighted by Crippen LogP contribution is 2.63. The average molecular weight is 690 g/mol. The third-order valence-electron chi connectivity index (χ3n) is 12.7. The van der Waals surface area contributed by atoms with Gasteiger partial charge in [-0.1, -0.05) is 153 Å². The Kier molecular flexibility index (Phi) is 5.81. The summed E-state index contributed by atoms with van der Waals surface area (Å²) in [7, 11) is 0. The van der Waals surface area contributed by atoms with Gasteiger partial charge in [-0.15, -0.1) is 0 Å². The van der Waals surface area contributed by atoms with Crippen molar-refractivity contribution in [3.63, 3.8) is 0 Å². The fourth-order valence-electron chi connectivity index (χ4n) is 10.4. The van der Waals surface area contributed by atoms with E-state index >= 15 is 0 Å². The van der Waals surface area contributed by atoms with Gasteiger partial charge in [0.2, 0.25) is 0 Å². The van der Waals surface area contributed by atoms with Crippen LogP contribution in [0, 0.1) is 0 Å². The van der Waals surface area contributed by atoms with Gasteiger partial charge in [-0.2, -0.15) is 0 Å². The second-order valence-electron chi connectivity index (χ2n) is 15.6. The molecule has 54 heavy (non-hydrogen) atoms. The topological polar surface area (TPSA) is 14.2 Å². The molecule has 8 aromatic carbocycles. The Balaban J connectivity index is 1.20. The molecule has 0 fully saturated rings. The largest absolute Gasteiger partial charge is 0.457 e. The average Bonchev–Trinajstić information content (AvgIpc) is 3.80. The van der Waals surface area contributed by atoms with Crippen LogP contribution in [0.4, 0.5) is 0 Å². The minimum Gasteiger partial charge on any atom is -0.457 e. The minimum atomic E-state index is -0.528. The van der Waals surface area contributed by atoms with E-state index in [-0.39, 0.29) is 5.41 Å². The Morgan fingerprint density at radius 3 is 1.76 bits per heavy atom. The van der Waals surface area contributed by atoms with Crippen LogP contribution in [0.5, 0.6) is 11.5 Å². The smallest absolute Gasteiger partial charge is 0.132 e. The second kappa shape index (κ2) is 10.5. The molecule has 254 valence electrons. The molecule has 2 nitrogen and oxygen atoms in total. The first kappa shape index (κ1) is 29.9. The van der Waals surface area contributed by atoms with Gasteiger partial charge in [-0.25, -0.2) is 0 Å². The number of nitrogens with zero attached hydrogens (tertiary/aromatic N) is 1. The first-order chi connectivity index (χ1) is 26.6. The van der Waals surface area contributed by atoms with E-state index in [9.17, 15) is 0 Å². The monoisotopic (exact) mass is 689 g/mol. The maximum atomic E-state index is 6.64. The highest BCUT2D eigenvalue weighted by Gasteiger charge is 2.51. The van der Waals surface area contributed by atoms with Crippen LogP contribution >= 0.6 is 0 Å². The third kappa shape index (κ3) is 3.60. The Bertz CT molecular complexity index is 3010. The molecule has 0 N–H and O–H groups in total. The maximum absolute atomic E-state index is 6.64. The molecule has 12 rings (SSSR count). The number of ether oxygens (including phenoxy) is 1. The van der Waals surface area contributed by atoms with Crippen LogP contribution in [-0.2, 0) is 10.8 Å². The number of rotatable bonds is 2. The molecule has 1 spiro atoms. The van der Waals surface area contributed by atoms with E-state index < -0.39 is 5.41 Å². The van der Waals surface area contributed by atoms with Gasteiger partial charge in [-0.05, 0) is 86.5 Å². The number of aromatic nitrogens is 1. The molecule has 1 aromatic heterocycles. The van der Waals surface area contributed by atoms with Crippen molar-refractivity contribution in [2.24, 2.45) is 0 Å². The SMILES string of the molecule is CC1(C)c2ccccc2-c2c(-c3ccc4c(c3)c3ccc5c(c3n4-c3ccccc3)-c3ccccc3C53c4ccccc4Oc4ccccc43)cccc21. The summed E-state index contributed by atoms with van der Waals surface area (Å²) in [6.45, 7) is 4.72. The van der Waals surface area contributed by atoms with E-state index in [0.717, 1.165) is 17.2 Å². The maximum Gasteiger partial charge on any atom is 0.132 e. The Morgan fingerprint density at radius 1 is 0.426 bits per heavy atom. The van der Waals surface area contributed by atoms with E-state index in [0.29, 0.717) is 0 Å². The predicted molar refractivity (Wildman–Crippen MR) is 221 cm³/mol. The van der Waals surface area contributed by atoms with Crippen molar-refractivity contribution in [2.75, 3.05) is 0 Å². The Hall–Kier alpha value is -6.64. The van der Waals surface area contributed by atoms with E-state index in [2.05, 4.69) is 194 Å². The van der Waals surface area contributed by atoms with Crippen molar-refractivity contribution in [2.45, 2.75) is 24.7 Å². The predicted octanol–water partition coefficient (Wildman–Crippen LogP) is 13.2. The first-order valence-electron chi connectivity index (χ1n) is 18.9. The molecule has 1 aliphatic heterocycles. The van der Waals surface area contributed by atoms with Crippen molar-refractivity contribution < 1.29 is 4.74 Å². The van der Waals surface area contributed by atoms with E-state index in [1.165, 1.54) is 88.6 Å². The Morgan fingerprint density at radius 2 is 1.02 bits per heavy atom. The lowest BCUT2D eigenvalue weighted by Crippen LogP contribution is -2.32. The van der Waals surface area contributed by atoms with Crippen molar-refractivity contribution in [3.05, 3.63) is 209 Å². The summed E-state index contributed by atoms with van der Waals surface area (Å²) in [6, 6.07) is 64.9. The number of para-hydroxylation sites is 3. The van der Waals surface area contributed by atoms with E-state index in [4.69, 9.17) is 4.74 Å². The first-order valence-corrected chi connectivity index (χ1v) is 18.9. The van der Waals surface area contributed by atoms with E-state index in [1.807, 2.05) is 0 Å². The van der Waals surface area contributed by atoms with Crippen molar-refractivity contribution in [1.29, 1.82) is 0 Å². The van der Waals surface area contributed by atoms with Crippen LogP contribution < -0.4 is 4.74 Å². The van der Waals surface area contributed by atoms with Crippen LogP contribution in [0.1, 0.15) is 47.2 Å². The quantitative estimate of drug-likeness (QED) is 0.176. The van der Waals surface area contributed by atoms with Gasteiger partial charge in [0.25, 0.3) is 0 Å².